The number of hydrogen-bond acceptors (Lipinski definition) is 1. The highest BCUT2D eigenvalue weighted by Gasteiger charge is 1.83. The molecule has 0 fully saturated rings. The Balaban J connectivity index is 0.000000261. The van der Waals surface area contributed by atoms with Crippen LogP contribution in [0.15, 0.2) is 24.3 Å². The molecule has 0 unspecified atom stereocenters. The Bertz CT molecular complexity index is 238. The van der Waals surface area contributed by atoms with Gasteiger partial charge in [0.2, 0.25) is 9.23 Å². The highest BCUT2D eigenvalue weighted by molar-refractivity contribution is 8.26. The third kappa shape index (κ3) is 6.65. The second kappa shape index (κ2) is 6.46. The first kappa shape index (κ1) is 11.9. The summed E-state index contributed by atoms with van der Waals surface area (Å²) in [5.41, 5.74) is 2.74. The molecule has 0 bridgehead atoms. The summed E-state index contributed by atoms with van der Waals surface area (Å²) in [6.45, 7) is 4.24. The standard InChI is InChI=1S/C8H10.Cl2OS/c1-7-5-3-4-6-8(7)2;1-4(2)3/h3-6H,1-2H3;. The quantitative estimate of drug-likeness (QED) is 0.619. The highest BCUT2D eigenvalue weighted by Crippen LogP contribution is 2.02. The number of benzene rings is 1. The van der Waals surface area contributed by atoms with E-state index >= 15 is 0 Å². The van der Waals surface area contributed by atoms with E-state index in [9.17, 15) is 0 Å². The summed E-state index contributed by atoms with van der Waals surface area (Å²) < 4.78 is 9.09. The van der Waals surface area contributed by atoms with Gasteiger partial charge in [0.25, 0.3) is 0 Å². The van der Waals surface area contributed by atoms with Crippen molar-refractivity contribution >= 4 is 30.6 Å². The first-order valence-electron chi connectivity index (χ1n) is 3.30. The van der Waals surface area contributed by atoms with Gasteiger partial charge < -0.3 is 0 Å². The van der Waals surface area contributed by atoms with Crippen LogP contribution in [0, 0.1) is 13.8 Å². The Hall–Kier alpha value is -0.0500. The monoisotopic (exact) mass is 224 g/mol. The zero-order valence-corrected chi connectivity index (χ0v) is 9.21. The van der Waals surface area contributed by atoms with E-state index in [1.165, 1.54) is 11.1 Å². The minimum absolute atomic E-state index is 1.37. The number of rotatable bonds is 0. The van der Waals surface area contributed by atoms with Crippen LogP contribution in [-0.2, 0) is 9.23 Å². The second-order valence-corrected chi connectivity index (χ2v) is 4.79. The van der Waals surface area contributed by atoms with E-state index in [1.807, 2.05) is 0 Å². The molecule has 0 aliphatic heterocycles. The Morgan fingerprint density at radius 1 is 1.08 bits per heavy atom. The molecule has 0 radical (unpaired) electrons. The largest absolute Gasteiger partial charge is 0.225 e. The molecule has 0 N–H and O–H groups in total. The first-order chi connectivity index (χ1) is 5.54. The Morgan fingerprint density at radius 3 is 1.50 bits per heavy atom. The topological polar surface area (TPSA) is 17.1 Å². The van der Waals surface area contributed by atoms with Crippen LogP contribution < -0.4 is 0 Å². The van der Waals surface area contributed by atoms with E-state index in [4.69, 9.17) is 4.21 Å². The third-order valence-electron chi connectivity index (χ3n) is 1.43. The van der Waals surface area contributed by atoms with Gasteiger partial charge in [-0.3, -0.25) is 0 Å². The fourth-order valence-corrected chi connectivity index (χ4v) is 0.663. The average molecular weight is 225 g/mol. The summed E-state index contributed by atoms with van der Waals surface area (Å²) in [6.07, 6.45) is 0. The van der Waals surface area contributed by atoms with Crippen LogP contribution in [0.5, 0.6) is 0 Å². The average Bonchev–Trinajstić information content (AvgIpc) is 1.94. The molecule has 68 valence electrons. The summed E-state index contributed by atoms with van der Waals surface area (Å²) in [7, 11) is 7.36. The number of halogens is 2. The zero-order chi connectivity index (χ0) is 9.56. The van der Waals surface area contributed by atoms with Crippen molar-refractivity contribution in [3.05, 3.63) is 35.4 Å². The molecule has 0 aliphatic carbocycles. The molecule has 0 aromatic heterocycles. The van der Waals surface area contributed by atoms with Crippen molar-refractivity contribution in [2.75, 3.05) is 0 Å². The van der Waals surface area contributed by atoms with Gasteiger partial charge in [-0.15, -0.1) is 0 Å². The smallest absolute Gasteiger partial charge is 0.211 e. The van der Waals surface area contributed by atoms with Crippen LogP contribution in [0.2, 0.25) is 0 Å². The van der Waals surface area contributed by atoms with Crippen molar-refractivity contribution in [1.82, 2.24) is 0 Å². The van der Waals surface area contributed by atoms with Crippen molar-refractivity contribution in [3.63, 3.8) is 0 Å². The van der Waals surface area contributed by atoms with Crippen LogP contribution in [0.3, 0.4) is 0 Å². The van der Waals surface area contributed by atoms with Crippen LogP contribution in [0.4, 0.5) is 0 Å². The third-order valence-corrected chi connectivity index (χ3v) is 1.43. The molecule has 12 heavy (non-hydrogen) atoms. The SMILES string of the molecule is Cc1ccccc1C.O=S(Cl)Cl. The van der Waals surface area contributed by atoms with E-state index in [1.54, 1.807) is 0 Å². The summed E-state index contributed by atoms with van der Waals surface area (Å²) in [5, 5.41) is 0. The van der Waals surface area contributed by atoms with E-state index in [0.29, 0.717) is 0 Å². The summed E-state index contributed by atoms with van der Waals surface area (Å²) >= 11 is 0. The van der Waals surface area contributed by atoms with Gasteiger partial charge in [0.1, 0.15) is 0 Å². The maximum Gasteiger partial charge on any atom is 0.211 e. The normalized spacial score (nSPS) is 9.08. The molecule has 0 atom stereocenters. The first-order valence-corrected chi connectivity index (χ1v) is 6.10. The zero-order valence-electron chi connectivity index (χ0n) is 6.88. The summed E-state index contributed by atoms with van der Waals surface area (Å²) in [6, 6.07) is 8.36. The predicted octanol–water partition coefficient (Wildman–Crippen LogP) is 3.35. The lowest BCUT2D eigenvalue weighted by Crippen LogP contribution is -1.74. The lowest BCUT2D eigenvalue weighted by atomic mass is 10.1. The van der Waals surface area contributed by atoms with Crippen LogP contribution in [-0.4, -0.2) is 4.21 Å². The van der Waals surface area contributed by atoms with Crippen molar-refractivity contribution in [2.45, 2.75) is 13.8 Å². The maximum atomic E-state index is 9.09. The van der Waals surface area contributed by atoms with Crippen molar-refractivity contribution in [1.29, 1.82) is 0 Å². The maximum absolute atomic E-state index is 9.09. The lowest BCUT2D eigenvalue weighted by molar-refractivity contribution is 0.698. The van der Waals surface area contributed by atoms with E-state index in [2.05, 4.69) is 59.5 Å². The second-order valence-electron chi connectivity index (χ2n) is 2.27. The van der Waals surface area contributed by atoms with Crippen LogP contribution in [0.1, 0.15) is 11.1 Å². The molecule has 0 saturated heterocycles. The molecular weight excluding hydrogens is 215 g/mol. The minimum Gasteiger partial charge on any atom is -0.225 e. The van der Waals surface area contributed by atoms with Gasteiger partial charge >= 0.3 is 0 Å². The molecule has 0 spiro atoms. The fraction of sp³-hybridized carbons (Fsp3) is 0.250. The van der Waals surface area contributed by atoms with E-state index in [0.717, 1.165) is 0 Å². The van der Waals surface area contributed by atoms with E-state index < -0.39 is 9.23 Å². The number of hydrogen-bond donors (Lipinski definition) is 0. The lowest BCUT2D eigenvalue weighted by Gasteiger charge is -1.93. The van der Waals surface area contributed by atoms with Crippen molar-refractivity contribution < 1.29 is 4.21 Å². The Labute approximate surface area is 84.2 Å². The highest BCUT2D eigenvalue weighted by atomic mass is 36.0. The van der Waals surface area contributed by atoms with Gasteiger partial charge in [-0.25, -0.2) is 4.21 Å². The van der Waals surface area contributed by atoms with Crippen LogP contribution in [0.25, 0.3) is 0 Å². The van der Waals surface area contributed by atoms with Crippen molar-refractivity contribution in [2.24, 2.45) is 0 Å². The molecule has 1 aromatic rings. The molecule has 4 heteroatoms. The predicted molar refractivity (Wildman–Crippen MR) is 55.8 cm³/mol. The Morgan fingerprint density at radius 2 is 1.33 bits per heavy atom. The molecule has 1 nitrogen and oxygen atoms in total. The molecule has 1 rings (SSSR count). The molecule has 0 aliphatic rings. The summed E-state index contributed by atoms with van der Waals surface area (Å²) in [4.78, 5) is 0. The molecule has 0 saturated carbocycles. The van der Waals surface area contributed by atoms with Gasteiger partial charge in [0, 0.05) is 21.4 Å². The van der Waals surface area contributed by atoms with Gasteiger partial charge in [0.05, 0.1) is 0 Å². The Kier molecular flexibility index (Phi) is 6.44. The van der Waals surface area contributed by atoms with Gasteiger partial charge in [0.15, 0.2) is 0 Å². The van der Waals surface area contributed by atoms with Crippen molar-refractivity contribution in [3.8, 4) is 0 Å². The summed E-state index contributed by atoms with van der Waals surface area (Å²) in [5.74, 6) is 0. The van der Waals surface area contributed by atoms with Crippen LogP contribution >= 0.6 is 21.4 Å². The molecule has 0 amide bonds. The fourth-order valence-electron chi connectivity index (χ4n) is 0.663. The molecule has 1 aromatic carbocycles. The minimum atomic E-state index is -1.67. The van der Waals surface area contributed by atoms with Gasteiger partial charge in [-0.05, 0) is 25.0 Å². The van der Waals surface area contributed by atoms with E-state index in [-0.39, 0.29) is 0 Å². The molecule has 0 heterocycles. The molecular formula is C8H10Cl2OS. The number of aryl methyl sites for hydroxylation is 2. The van der Waals surface area contributed by atoms with Gasteiger partial charge in [-0.2, -0.15) is 0 Å². The van der Waals surface area contributed by atoms with Gasteiger partial charge in [-0.1, -0.05) is 24.3 Å².